The van der Waals surface area contributed by atoms with E-state index in [9.17, 15) is 4.39 Å². The van der Waals surface area contributed by atoms with Crippen LogP contribution in [0, 0.1) is 12.7 Å². The minimum atomic E-state index is -0.196. The summed E-state index contributed by atoms with van der Waals surface area (Å²) in [5.74, 6) is -0.185. The maximum absolute atomic E-state index is 14.3. The van der Waals surface area contributed by atoms with E-state index in [0.29, 0.717) is 5.56 Å². The number of hydrogen-bond donors (Lipinski definition) is 1. The number of aryl methyl sites for hydroxylation is 1. The van der Waals surface area contributed by atoms with Gasteiger partial charge in [0.15, 0.2) is 0 Å². The largest absolute Gasteiger partial charge is 0.309 e. The summed E-state index contributed by atoms with van der Waals surface area (Å²) in [4.78, 5) is 4.20. The molecule has 3 aromatic rings. The van der Waals surface area contributed by atoms with E-state index in [-0.39, 0.29) is 11.9 Å². The van der Waals surface area contributed by atoms with Gasteiger partial charge in [0.05, 0.1) is 6.04 Å². The Balaban J connectivity index is 2.18. The van der Waals surface area contributed by atoms with Gasteiger partial charge in [-0.15, -0.1) is 0 Å². The van der Waals surface area contributed by atoms with Gasteiger partial charge in [0.2, 0.25) is 0 Å². The molecular formula is C18H17FN2. The van der Waals surface area contributed by atoms with Crippen LogP contribution in [0.5, 0.6) is 0 Å². The first-order valence-electron chi connectivity index (χ1n) is 6.96. The van der Waals surface area contributed by atoms with Crippen LogP contribution < -0.4 is 5.32 Å². The Morgan fingerprint density at radius 1 is 1.10 bits per heavy atom. The van der Waals surface area contributed by atoms with Crippen LogP contribution in [0.1, 0.15) is 22.7 Å². The zero-order valence-corrected chi connectivity index (χ0v) is 12.1. The van der Waals surface area contributed by atoms with Crippen LogP contribution in [0.2, 0.25) is 0 Å². The molecule has 1 unspecified atom stereocenters. The summed E-state index contributed by atoms with van der Waals surface area (Å²) < 4.78 is 14.3. The first-order valence-corrected chi connectivity index (χ1v) is 6.96. The topological polar surface area (TPSA) is 24.9 Å². The molecule has 1 heterocycles. The summed E-state index contributed by atoms with van der Waals surface area (Å²) in [5, 5.41) is 5.37. The summed E-state index contributed by atoms with van der Waals surface area (Å²) in [6.07, 6.45) is 3.61. The minimum absolute atomic E-state index is 0.185. The Labute approximate surface area is 123 Å². The fourth-order valence-corrected chi connectivity index (χ4v) is 2.73. The molecule has 21 heavy (non-hydrogen) atoms. The third kappa shape index (κ3) is 2.52. The highest BCUT2D eigenvalue weighted by molar-refractivity contribution is 5.85. The molecule has 0 saturated carbocycles. The molecule has 0 aliphatic carbocycles. The maximum Gasteiger partial charge on any atom is 0.128 e. The van der Waals surface area contributed by atoms with Crippen LogP contribution in [0.15, 0.2) is 54.9 Å². The summed E-state index contributed by atoms with van der Waals surface area (Å²) in [7, 11) is 1.85. The van der Waals surface area contributed by atoms with Gasteiger partial charge in [-0.25, -0.2) is 4.39 Å². The van der Waals surface area contributed by atoms with Crippen molar-refractivity contribution in [3.05, 3.63) is 77.4 Å². The lowest BCUT2D eigenvalue weighted by Crippen LogP contribution is -2.19. The van der Waals surface area contributed by atoms with Gasteiger partial charge in [-0.1, -0.05) is 30.3 Å². The predicted molar refractivity (Wildman–Crippen MR) is 83.8 cm³/mol. The molecule has 0 aliphatic rings. The first kappa shape index (κ1) is 13.7. The third-order valence-electron chi connectivity index (χ3n) is 3.78. The average Bonchev–Trinajstić information content (AvgIpc) is 2.50. The zero-order chi connectivity index (χ0) is 14.8. The normalized spacial score (nSPS) is 12.5. The van der Waals surface area contributed by atoms with E-state index >= 15 is 0 Å². The third-order valence-corrected chi connectivity index (χ3v) is 3.78. The van der Waals surface area contributed by atoms with Crippen LogP contribution in [0.25, 0.3) is 10.8 Å². The number of aromatic nitrogens is 1. The van der Waals surface area contributed by atoms with Crippen molar-refractivity contribution >= 4 is 10.8 Å². The summed E-state index contributed by atoms with van der Waals surface area (Å²) >= 11 is 0. The fourth-order valence-electron chi connectivity index (χ4n) is 2.73. The molecule has 0 spiro atoms. The van der Waals surface area contributed by atoms with Gasteiger partial charge < -0.3 is 5.32 Å². The molecule has 3 heteroatoms. The Morgan fingerprint density at radius 2 is 1.95 bits per heavy atom. The highest BCUT2D eigenvalue weighted by Crippen LogP contribution is 2.30. The standard InChI is InChI=1S/C18H17FN2/c1-12-6-7-15(17(19)10-12)18(20-2)14-5-3-4-13-8-9-21-11-16(13)14/h3-11,18,20H,1-2H3. The SMILES string of the molecule is CNC(c1ccc(C)cc1F)c1cccc2ccncc12. The molecule has 1 aromatic heterocycles. The minimum Gasteiger partial charge on any atom is -0.309 e. The maximum atomic E-state index is 14.3. The van der Waals surface area contributed by atoms with Crippen molar-refractivity contribution in [3.8, 4) is 0 Å². The molecular weight excluding hydrogens is 263 g/mol. The molecule has 2 aromatic carbocycles. The Morgan fingerprint density at radius 3 is 2.71 bits per heavy atom. The fraction of sp³-hybridized carbons (Fsp3) is 0.167. The number of nitrogens with zero attached hydrogens (tertiary/aromatic N) is 1. The Bertz CT molecular complexity index is 778. The number of rotatable bonds is 3. The molecule has 0 aliphatic heterocycles. The highest BCUT2D eigenvalue weighted by atomic mass is 19.1. The molecule has 1 atom stereocenters. The molecule has 1 N–H and O–H groups in total. The van der Waals surface area contributed by atoms with Gasteiger partial charge in [-0.05, 0) is 42.6 Å². The Hall–Kier alpha value is -2.26. The number of halogens is 1. The van der Waals surface area contributed by atoms with Crippen molar-refractivity contribution in [1.29, 1.82) is 0 Å². The molecule has 0 saturated heterocycles. The summed E-state index contributed by atoms with van der Waals surface area (Å²) in [6, 6.07) is 13.2. The summed E-state index contributed by atoms with van der Waals surface area (Å²) in [6.45, 7) is 1.89. The second-order valence-corrected chi connectivity index (χ2v) is 5.19. The predicted octanol–water partition coefficient (Wildman–Crippen LogP) is 3.99. The molecule has 0 radical (unpaired) electrons. The van der Waals surface area contributed by atoms with Crippen LogP contribution >= 0.6 is 0 Å². The van der Waals surface area contributed by atoms with Gasteiger partial charge >= 0.3 is 0 Å². The van der Waals surface area contributed by atoms with Crippen molar-refractivity contribution in [2.24, 2.45) is 0 Å². The van der Waals surface area contributed by atoms with Crippen LogP contribution in [0.4, 0.5) is 4.39 Å². The van der Waals surface area contributed by atoms with E-state index in [1.54, 1.807) is 12.3 Å². The smallest absolute Gasteiger partial charge is 0.128 e. The van der Waals surface area contributed by atoms with Crippen molar-refractivity contribution in [2.75, 3.05) is 7.05 Å². The first-order chi connectivity index (χ1) is 10.2. The molecule has 2 nitrogen and oxygen atoms in total. The van der Waals surface area contributed by atoms with Gasteiger partial charge in [-0.3, -0.25) is 4.98 Å². The van der Waals surface area contributed by atoms with Crippen molar-refractivity contribution in [2.45, 2.75) is 13.0 Å². The molecule has 0 bridgehead atoms. The van der Waals surface area contributed by atoms with Crippen molar-refractivity contribution < 1.29 is 4.39 Å². The van der Waals surface area contributed by atoms with E-state index in [2.05, 4.69) is 10.3 Å². The van der Waals surface area contributed by atoms with Crippen LogP contribution in [-0.4, -0.2) is 12.0 Å². The van der Waals surface area contributed by atoms with Crippen LogP contribution in [-0.2, 0) is 0 Å². The van der Waals surface area contributed by atoms with E-state index in [0.717, 1.165) is 21.9 Å². The lowest BCUT2D eigenvalue weighted by Gasteiger charge is -2.20. The lowest BCUT2D eigenvalue weighted by molar-refractivity contribution is 0.576. The number of fused-ring (bicyclic) bond motifs is 1. The highest BCUT2D eigenvalue weighted by Gasteiger charge is 2.18. The second kappa shape index (κ2) is 5.62. The molecule has 3 rings (SSSR count). The van der Waals surface area contributed by atoms with E-state index in [1.807, 2.05) is 56.6 Å². The van der Waals surface area contributed by atoms with Gasteiger partial charge in [0.25, 0.3) is 0 Å². The molecule has 0 fully saturated rings. The number of pyridine rings is 1. The van der Waals surface area contributed by atoms with Crippen LogP contribution in [0.3, 0.4) is 0 Å². The van der Waals surface area contributed by atoms with Crippen molar-refractivity contribution in [1.82, 2.24) is 10.3 Å². The van der Waals surface area contributed by atoms with Gasteiger partial charge in [-0.2, -0.15) is 0 Å². The second-order valence-electron chi connectivity index (χ2n) is 5.19. The monoisotopic (exact) mass is 280 g/mol. The van der Waals surface area contributed by atoms with Gasteiger partial charge in [0, 0.05) is 23.3 Å². The lowest BCUT2D eigenvalue weighted by atomic mass is 9.94. The molecule has 0 amide bonds. The summed E-state index contributed by atoms with van der Waals surface area (Å²) in [5.41, 5.74) is 2.61. The quantitative estimate of drug-likeness (QED) is 0.784. The number of benzene rings is 2. The Kier molecular flexibility index (Phi) is 3.67. The number of nitrogens with one attached hydrogen (secondary N) is 1. The van der Waals surface area contributed by atoms with Crippen molar-refractivity contribution in [3.63, 3.8) is 0 Å². The van der Waals surface area contributed by atoms with Gasteiger partial charge in [0.1, 0.15) is 5.82 Å². The van der Waals surface area contributed by atoms with E-state index in [4.69, 9.17) is 0 Å². The number of hydrogen-bond acceptors (Lipinski definition) is 2. The average molecular weight is 280 g/mol. The molecule has 106 valence electrons. The van der Waals surface area contributed by atoms with E-state index < -0.39 is 0 Å². The zero-order valence-electron chi connectivity index (χ0n) is 12.1. The van der Waals surface area contributed by atoms with E-state index in [1.165, 1.54) is 0 Å².